The number of aryl methyl sites for hydroxylation is 2. The number of hydrogen-bond donors (Lipinski definition) is 3. The Bertz CT molecular complexity index is 1290. The topological polar surface area (TPSA) is 98.0 Å². The maximum Gasteiger partial charge on any atom is 0.230 e. The van der Waals surface area contributed by atoms with E-state index in [1.165, 1.54) is 0 Å². The maximum atomic E-state index is 6.68. The molecule has 34 heavy (non-hydrogen) atoms. The lowest BCUT2D eigenvalue weighted by Gasteiger charge is -2.32. The van der Waals surface area contributed by atoms with Gasteiger partial charge in [-0.15, -0.1) is 0 Å². The summed E-state index contributed by atoms with van der Waals surface area (Å²) >= 11 is 6.68. The summed E-state index contributed by atoms with van der Waals surface area (Å²) in [6.07, 6.45) is 1.99. The van der Waals surface area contributed by atoms with Gasteiger partial charge in [-0.3, -0.25) is 5.10 Å². The number of fused-ring (bicyclic) bond motifs is 1. The Morgan fingerprint density at radius 3 is 2.71 bits per heavy atom. The number of H-pyrrole nitrogens is 2. The fourth-order valence-corrected chi connectivity index (χ4v) is 4.37. The second-order valence-corrected chi connectivity index (χ2v) is 9.11. The Kier molecular flexibility index (Phi) is 6.30. The number of benzene rings is 1. The van der Waals surface area contributed by atoms with Crippen molar-refractivity contribution < 1.29 is 4.74 Å². The summed E-state index contributed by atoms with van der Waals surface area (Å²) in [6.45, 7) is 7.73. The summed E-state index contributed by atoms with van der Waals surface area (Å²) in [5.74, 6) is 2.91. The molecule has 3 N–H and O–H groups in total. The van der Waals surface area contributed by atoms with Crippen molar-refractivity contribution in [3.8, 4) is 11.6 Å². The van der Waals surface area contributed by atoms with Gasteiger partial charge >= 0.3 is 0 Å². The standard InChI is InChI=1S/C24H29ClN8O/c1-4-5-16-13-21(31-30-16)27-20-14-22(29-24(28-20)33-10-8-32(3)9-11-33)34-19-7-6-18-17(23(19)25)12-15(2)26-18/h6-7,12-14,26H,4-5,8-11H2,1-3H3,(H2,27,28,29,30,31). The van der Waals surface area contributed by atoms with E-state index in [0.717, 1.165) is 61.3 Å². The van der Waals surface area contributed by atoms with Crippen LogP contribution in [-0.4, -0.2) is 63.3 Å². The molecular formula is C24H29ClN8O. The highest BCUT2D eigenvalue weighted by Crippen LogP contribution is 2.36. The van der Waals surface area contributed by atoms with Crippen LogP contribution in [-0.2, 0) is 6.42 Å². The normalized spacial score (nSPS) is 14.6. The van der Waals surface area contributed by atoms with E-state index in [-0.39, 0.29) is 0 Å². The van der Waals surface area contributed by atoms with E-state index >= 15 is 0 Å². The van der Waals surface area contributed by atoms with E-state index in [9.17, 15) is 0 Å². The molecule has 0 radical (unpaired) electrons. The van der Waals surface area contributed by atoms with E-state index in [2.05, 4.69) is 44.3 Å². The molecule has 0 aliphatic carbocycles. The molecule has 5 rings (SSSR count). The second-order valence-electron chi connectivity index (χ2n) is 8.73. The Balaban J connectivity index is 1.47. The Morgan fingerprint density at radius 1 is 1.09 bits per heavy atom. The molecule has 0 spiro atoms. The number of nitrogens with zero attached hydrogens (tertiary/aromatic N) is 5. The Labute approximate surface area is 203 Å². The van der Waals surface area contributed by atoms with Gasteiger partial charge in [-0.05, 0) is 38.6 Å². The summed E-state index contributed by atoms with van der Waals surface area (Å²) in [6, 6.07) is 9.61. The summed E-state index contributed by atoms with van der Waals surface area (Å²) in [4.78, 5) is 17.2. The van der Waals surface area contributed by atoms with E-state index in [0.29, 0.717) is 34.2 Å². The van der Waals surface area contributed by atoms with Crippen LogP contribution in [0.5, 0.6) is 11.6 Å². The summed E-state index contributed by atoms with van der Waals surface area (Å²) in [5.41, 5.74) is 3.09. The number of piperazine rings is 1. The van der Waals surface area contributed by atoms with Crippen molar-refractivity contribution in [3.63, 3.8) is 0 Å². The molecule has 0 bridgehead atoms. The van der Waals surface area contributed by atoms with Crippen molar-refractivity contribution >= 4 is 40.1 Å². The van der Waals surface area contributed by atoms with Crippen molar-refractivity contribution in [2.24, 2.45) is 0 Å². The van der Waals surface area contributed by atoms with Gasteiger partial charge in [0.1, 0.15) is 11.6 Å². The molecule has 4 heterocycles. The minimum absolute atomic E-state index is 0.421. The highest BCUT2D eigenvalue weighted by molar-refractivity contribution is 6.37. The van der Waals surface area contributed by atoms with Crippen LogP contribution in [0.1, 0.15) is 24.7 Å². The summed E-state index contributed by atoms with van der Waals surface area (Å²) in [7, 11) is 2.12. The van der Waals surface area contributed by atoms with Crippen LogP contribution >= 0.6 is 11.6 Å². The van der Waals surface area contributed by atoms with Crippen LogP contribution in [0.2, 0.25) is 5.02 Å². The molecule has 1 saturated heterocycles. The molecule has 1 aliphatic heterocycles. The molecule has 178 valence electrons. The molecule has 0 saturated carbocycles. The van der Waals surface area contributed by atoms with Crippen LogP contribution in [0, 0.1) is 6.92 Å². The maximum absolute atomic E-state index is 6.68. The van der Waals surface area contributed by atoms with Crippen LogP contribution in [0.25, 0.3) is 10.9 Å². The van der Waals surface area contributed by atoms with Gasteiger partial charge in [-0.2, -0.15) is 15.1 Å². The van der Waals surface area contributed by atoms with Gasteiger partial charge in [0.05, 0.1) is 5.02 Å². The van der Waals surface area contributed by atoms with E-state index in [4.69, 9.17) is 26.3 Å². The highest BCUT2D eigenvalue weighted by Gasteiger charge is 2.20. The lowest BCUT2D eigenvalue weighted by Crippen LogP contribution is -2.45. The summed E-state index contributed by atoms with van der Waals surface area (Å²) in [5, 5.41) is 12.2. The van der Waals surface area contributed by atoms with Gasteiger partial charge in [0.2, 0.25) is 11.8 Å². The largest absolute Gasteiger partial charge is 0.437 e. The molecule has 0 amide bonds. The highest BCUT2D eigenvalue weighted by atomic mass is 35.5. The molecule has 1 aliphatic rings. The minimum Gasteiger partial charge on any atom is -0.437 e. The number of halogens is 1. The number of nitrogens with one attached hydrogen (secondary N) is 3. The molecule has 4 aromatic rings. The average molecular weight is 481 g/mol. The third-order valence-corrected chi connectivity index (χ3v) is 6.32. The van der Waals surface area contributed by atoms with Gasteiger partial charge in [0, 0.05) is 60.6 Å². The van der Waals surface area contributed by atoms with E-state index in [1.807, 2.05) is 31.2 Å². The smallest absolute Gasteiger partial charge is 0.230 e. The number of likely N-dealkylation sites (N-methyl/N-ethyl adjacent to an activating group) is 1. The molecule has 0 atom stereocenters. The number of aromatic amines is 2. The summed E-state index contributed by atoms with van der Waals surface area (Å²) < 4.78 is 6.20. The molecule has 0 unspecified atom stereocenters. The fraction of sp³-hybridized carbons (Fsp3) is 0.375. The third kappa shape index (κ3) is 4.80. The average Bonchev–Trinajstić information content (AvgIpc) is 3.42. The Hall–Kier alpha value is -3.30. The van der Waals surface area contributed by atoms with Gasteiger partial charge < -0.3 is 24.8 Å². The van der Waals surface area contributed by atoms with Gasteiger partial charge in [-0.25, -0.2) is 0 Å². The quantitative estimate of drug-likeness (QED) is 0.346. The minimum atomic E-state index is 0.421. The number of aromatic nitrogens is 5. The first kappa shape index (κ1) is 22.5. The van der Waals surface area contributed by atoms with Crippen molar-refractivity contribution in [3.05, 3.63) is 46.7 Å². The monoisotopic (exact) mass is 480 g/mol. The van der Waals surface area contributed by atoms with Crippen LogP contribution in [0.3, 0.4) is 0 Å². The van der Waals surface area contributed by atoms with Gasteiger partial charge in [0.25, 0.3) is 0 Å². The van der Waals surface area contributed by atoms with Crippen LogP contribution in [0.4, 0.5) is 17.6 Å². The molecule has 9 nitrogen and oxygen atoms in total. The number of anilines is 3. The SMILES string of the molecule is CCCc1cc(Nc2cc(Oc3ccc4[nH]c(C)cc4c3Cl)nc(N3CCN(C)CC3)n2)n[nH]1. The fourth-order valence-electron chi connectivity index (χ4n) is 4.11. The molecule has 10 heteroatoms. The molecule has 1 fully saturated rings. The van der Waals surface area contributed by atoms with E-state index < -0.39 is 0 Å². The first-order valence-electron chi connectivity index (χ1n) is 11.6. The van der Waals surface area contributed by atoms with Gasteiger partial charge in [-0.1, -0.05) is 24.9 Å². The Morgan fingerprint density at radius 2 is 1.91 bits per heavy atom. The zero-order valence-electron chi connectivity index (χ0n) is 19.7. The van der Waals surface area contributed by atoms with Crippen molar-refractivity contribution in [1.29, 1.82) is 0 Å². The molecule has 3 aromatic heterocycles. The number of rotatable bonds is 7. The van der Waals surface area contributed by atoms with Gasteiger partial charge in [0.15, 0.2) is 5.82 Å². The molecule has 1 aromatic carbocycles. The van der Waals surface area contributed by atoms with Crippen molar-refractivity contribution in [2.45, 2.75) is 26.7 Å². The number of ether oxygens (including phenoxy) is 1. The predicted molar refractivity (Wildman–Crippen MR) is 136 cm³/mol. The number of hydrogen-bond acceptors (Lipinski definition) is 7. The third-order valence-electron chi connectivity index (χ3n) is 5.93. The molecular weight excluding hydrogens is 452 g/mol. The first-order valence-corrected chi connectivity index (χ1v) is 12.0. The van der Waals surface area contributed by atoms with E-state index in [1.54, 1.807) is 6.07 Å². The lowest BCUT2D eigenvalue weighted by molar-refractivity contribution is 0.310. The zero-order valence-corrected chi connectivity index (χ0v) is 20.4. The van der Waals surface area contributed by atoms with Crippen LogP contribution in [0.15, 0.2) is 30.3 Å². The van der Waals surface area contributed by atoms with Crippen LogP contribution < -0.4 is 15.0 Å². The van der Waals surface area contributed by atoms with Crippen molar-refractivity contribution in [2.75, 3.05) is 43.4 Å². The first-order chi connectivity index (χ1) is 16.5. The second kappa shape index (κ2) is 9.52. The zero-order chi connectivity index (χ0) is 23.7. The predicted octanol–water partition coefficient (Wildman–Crippen LogP) is 4.88. The lowest BCUT2D eigenvalue weighted by atomic mass is 10.2. The van der Waals surface area contributed by atoms with Crippen molar-refractivity contribution in [1.82, 2.24) is 30.0 Å².